The van der Waals surface area contributed by atoms with Crippen molar-refractivity contribution < 1.29 is 80.5 Å². The largest absolute Gasteiger partial charge is 0.383 e. The minimum atomic E-state index is -0.729. The van der Waals surface area contributed by atoms with Crippen molar-refractivity contribution in [1.82, 2.24) is 28.9 Å². The smallest absolute Gasteiger partial charge is 0.351 e. The quantitative estimate of drug-likeness (QED) is 0.0844. The number of aryl methyl sites for hydroxylation is 2. The van der Waals surface area contributed by atoms with Crippen LogP contribution in [0, 0.1) is 26.2 Å². The van der Waals surface area contributed by atoms with Gasteiger partial charge < -0.3 is 113 Å². The summed E-state index contributed by atoms with van der Waals surface area (Å²) < 4.78 is 97.8. The van der Waals surface area contributed by atoms with Gasteiger partial charge in [-0.3, -0.25) is 9.13 Å². The summed E-state index contributed by atoms with van der Waals surface area (Å²) in [6.07, 6.45) is 6.23. The molecule has 0 spiro atoms. The zero-order valence-electron chi connectivity index (χ0n) is 53.3. The Morgan fingerprint density at radius 3 is 1.44 bits per heavy atom. The third kappa shape index (κ3) is 16.3. The first-order valence-electron chi connectivity index (χ1n) is 28.3. The highest BCUT2D eigenvalue weighted by atomic mass is 16.7. The number of ether oxygens (including phenoxy) is 17. The van der Waals surface area contributed by atoms with E-state index in [4.69, 9.17) is 110 Å². The van der Waals surface area contributed by atoms with Crippen molar-refractivity contribution in [1.29, 1.82) is 0 Å². The molecule has 0 aliphatic carbocycles. The van der Waals surface area contributed by atoms with Crippen molar-refractivity contribution in [3.63, 3.8) is 0 Å². The number of hydrogen-bond donors (Lipinski definition) is 4. The number of aliphatic imine (C=N–C) groups is 2. The summed E-state index contributed by atoms with van der Waals surface area (Å²) in [4.78, 5) is 44.2. The van der Waals surface area contributed by atoms with Gasteiger partial charge in [0.1, 0.15) is 114 Å². The Kier molecular flexibility index (Phi) is 26.8. The van der Waals surface area contributed by atoms with Crippen LogP contribution in [-0.2, 0) is 80.5 Å². The van der Waals surface area contributed by atoms with Crippen LogP contribution in [0.2, 0.25) is 0 Å². The van der Waals surface area contributed by atoms with E-state index in [1.807, 2.05) is 36.0 Å². The molecule has 7 aliphatic rings. The van der Waals surface area contributed by atoms with E-state index in [0.29, 0.717) is 80.7 Å². The Bertz CT molecular complexity index is 2940. The first kappa shape index (κ1) is 71.8. The summed E-state index contributed by atoms with van der Waals surface area (Å²) in [6, 6.07) is 0. The lowest BCUT2D eigenvalue weighted by Crippen LogP contribution is -2.48. The average Bonchev–Trinajstić information content (AvgIpc) is 1.72. The maximum atomic E-state index is 12.3. The lowest BCUT2D eigenvalue weighted by Gasteiger charge is -2.37. The minimum Gasteiger partial charge on any atom is -0.383 e. The van der Waals surface area contributed by atoms with Crippen LogP contribution >= 0.6 is 0 Å². The molecule has 31 heteroatoms. The van der Waals surface area contributed by atoms with Crippen LogP contribution in [0.25, 0.3) is 0 Å². The highest BCUT2D eigenvalue weighted by molar-refractivity contribution is 5.98. The molecule has 0 aromatic carbocycles. The van der Waals surface area contributed by atoms with E-state index in [0.717, 1.165) is 11.1 Å². The monoisotopic (exact) mass is 1260 g/mol. The van der Waals surface area contributed by atoms with Crippen LogP contribution in [0.4, 0.5) is 11.6 Å². The second kappa shape index (κ2) is 33.2. The van der Waals surface area contributed by atoms with E-state index in [9.17, 15) is 9.59 Å². The SMILES string of the molecule is C#CCOC1C(OC)[C@@H](COC)O[C@H]1n1cc(C)c(N)nc1=O.C=C1N=C(N)C(C)=CN1[C@@H]1O[C@@]2(COC)COC1C2OC.C=C1N=C(N)C(C)=CN1[C@@H]1O[C@H](COC)C(OC)C1OC.COCCOC1C(OC)[C@@H](COC)O[C@H]1n1cc(C)c(N)nc1=O. The van der Waals surface area contributed by atoms with Crippen LogP contribution in [0.15, 0.2) is 80.3 Å². The molecule has 8 unspecified atom stereocenters. The predicted molar refractivity (Wildman–Crippen MR) is 324 cm³/mol. The van der Waals surface area contributed by atoms with Gasteiger partial charge >= 0.3 is 11.4 Å². The average molecular weight is 1260 g/mol. The molecule has 0 amide bonds. The molecule has 9 heterocycles. The van der Waals surface area contributed by atoms with Crippen LogP contribution in [0.1, 0.15) is 37.4 Å². The van der Waals surface area contributed by atoms with Gasteiger partial charge in [0.15, 0.2) is 24.9 Å². The lowest BCUT2D eigenvalue weighted by atomic mass is 10.00. The van der Waals surface area contributed by atoms with Crippen LogP contribution in [0.3, 0.4) is 0 Å². The summed E-state index contributed by atoms with van der Waals surface area (Å²) in [5.41, 5.74) is 24.4. The maximum Gasteiger partial charge on any atom is 0.351 e. The molecule has 7 aliphatic heterocycles. The molecule has 2 aromatic heterocycles. The summed E-state index contributed by atoms with van der Waals surface area (Å²) >= 11 is 0. The van der Waals surface area contributed by atoms with Gasteiger partial charge in [-0.15, -0.1) is 6.42 Å². The number of nitrogen functional groups attached to an aromatic ring is 2. The topological polar surface area (TPSA) is 362 Å². The van der Waals surface area contributed by atoms with Gasteiger partial charge in [0.05, 0.1) is 46.2 Å². The van der Waals surface area contributed by atoms with E-state index < -0.39 is 60.0 Å². The highest BCUT2D eigenvalue weighted by Crippen LogP contribution is 2.45. The zero-order valence-corrected chi connectivity index (χ0v) is 53.3. The van der Waals surface area contributed by atoms with Gasteiger partial charge in [0.25, 0.3) is 0 Å². The Balaban J connectivity index is 0.000000189. The van der Waals surface area contributed by atoms with Crippen molar-refractivity contribution in [2.24, 2.45) is 21.5 Å². The first-order valence-corrected chi connectivity index (χ1v) is 28.3. The molecule has 0 saturated carbocycles. The van der Waals surface area contributed by atoms with Crippen molar-refractivity contribution in [2.75, 3.05) is 135 Å². The van der Waals surface area contributed by atoms with Crippen LogP contribution in [-0.4, -0.2) is 250 Å². The fraction of sp³-hybridized carbons (Fsp3) is 0.655. The third-order valence-corrected chi connectivity index (χ3v) is 15.5. The number of aromatic nitrogens is 4. The molecular formula is C58H90N12O19. The number of fused-ring (bicyclic) bond motifs is 2. The van der Waals surface area contributed by atoms with Gasteiger partial charge in [-0.1, -0.05) is 19.1 Å². The van der Waals surface area contributed by atoms with Crippen molar-refractivity contribution >= 4 is 23.3 Å². The minimum absolute atomic E-state index is 0.0697. The Morgan fingerprint density at radius 2 is 1.02 bits per heavy atom. The van der Waals surface area contributed by atoms with Crippen LogP contribution in [0.5, 0.6) is 0 Å². The third-order valence-electron chi connectivity index (χ3n) is 15.5. The van der Waals surface area contributed by atoms with Gasteiger partial charge in [0, 0.05) is 118 Å². The second-order valence-corrected chi connectivity index (χ2v) is 21.4. The molecule has 31 nitrogen and oxygen atoms in total. The maximum absolute atomic E-state index is 12.3. The van der Waals surface area contributed by atoms with Crippen LogP contribution < -0.4 is 34.3 Å². The predicted octanol–water partition coefficient (Wildman–Crippen LogP) is 0.0604. The molecule has 0 radical (unpaired) electrons. The Labute approximate surface area is 518 Å². The van der Waals surface area contributed by atoms with E-state index in [1.54, 1.807) is 97.3 Å². The van der Waals surface area contributed by atoms with E-state index in [-0.39, 0.29) is 67.3 Å². The number of anilines is 2. The normalized spacial score (nSPS) is 31.2. The molecular weight excluding hydrogens is 1170 g/mol. The number of rotatable bonds is 23. The fourth-order valence-corrected chi connectivity index (χ4v) is 11.1. The highest BCUT2D eigenvalue weighted by Gasteiger charge is 2.64. The second-order valence-electron chi connectivity index (χ2n) is 21.4. The molecule has 5 saturated heterocycles. The molecule has 89 heavy (non-hydrogen) atoms. The zero-order chi connectivity index (χ0) is 65.4. The van der Waals surface area contributed by atoms with Crippen molar-refractivity contribution in [3.05, 3.63) is 92.8 Å². The number of nitrogens with two attached hydrogens (primary N) is 4. The number of nitrogens with zero attached hydrogens (tertiary/aromatic N) is 8. The fourth-order valence-electron chi connectivity index (χ4n) is 11.1. The molecule has 16 atom stereocenters. The molecule has 8 N–H and O–H groups in total. The Morgan fingerprint density at radius 1 is 0.584 bits per heavy atom. The molecule has 9 rings (SSSR count). The number of terminal acetylenes is 1. The van der Waals surface area contributed by atoms with Crippen molar-refractivity contribution in [3.8, 4) is 12.3 Å². The summed E-state index contributed by atoms with van der Waals surface area (Å²) in [5, 5.41) is 0. The standard InChI is InChI=1S/C15H25N3O6.C15H21N3O5.C14H21N3O4.C14H23N3O4/c1-9-7-18(15(19)17-13(9)16)14-12(23-6-5-20-2)11(22-4)10(24-14)8-21-3;1-5-6-22-12-11(21-4)10(8-20-3)23-14(12)18-7-9(2)13(16)17-15(18)19;1-8-5-17(9(2)16-12(8)15)13-10-11(19-4)14(21-13,6-18-3)7-20-10;1-8-6-17(9(2)16-13(8)15)14-12(20-5)11(19-4)10(21-14)7-18-3/h7,10-12,14H,5-6,8H2,1-4H3,(H2,16,17,19);1,7,10-12,14H,6,8H2,2-4H3,(H2,16,17,19);5,10-11,13H,2,6-7H2,1,3-4H3,(H2,15,16);6,10-12,14H,2,7H2,1,3-5H3,(H2,15,16)/t2*10-,11?,12?,14-;10?,11?,13-,14+;10-,11?,12?,14-/m1111/s1. The van der Waals surface area contributed by atoms with Gasteiger partial charge in [0.2, 0.25) is 0 Å². The van der Waals surface area contributed by atoms with Crippen molar-refractivity contribution in [2.45, 2.75) is 125 Å². The number of hydrogen-bond acceptors (Lipinski definition) is 29. The Hall–Kier alpha value is -6.26. The summed E-state index contributed by atoms with van der Waals surface area (Å²) in [7, 11) is 16.0. The number of methoxy groups -OCH3 is 10. The molecule has 2 aromatic rings. The lowest BCUT2D eigenvalue weighted by molar-refractivity contribution is -0.196. The van der Waals surface area contributed by atoms with Gasteiger partial charge in [-0.25, -0.2) is 19.6 Å². The molecule has 2 bridgehead atoms. The first-order chi connectivity index (χ1) is 42.6. The molecule has 5 fully saturated rings. The summed E-state index contributed by atoms with van der Waals surface area (Å²) in [5.74, 6) is 4.75. The molecule has 496 valence electrons. The van der Waals surface area contributed by atoms with E-state index in [2.05, 4.69) is 39.0 Å². The summed E-state index contributed by atoms with van der Waals surface area (Å²) in [6.45, 7) is 17.9. The van der Waals surface area contributed by atoms with Gasteiger partial charge in [-0.2, -0.15) is 9.97 Å². The van der Waals surface area contributed by atoms with E-state index in [1.165, 1.54) is 9.13 Å². The van der Waals surface area contributed by atoms with E-state index >= 15 is 0 Å². The number of amidine groups is 2. The van der Waals surface area contributed by atoms with Gasteiger partial charge in [-0.05, 0) is 27.7 Å².